The Morgan fingerprint density at radius 3 is 2.75 bits per heavy atom. The highest BCUT2D eigenvalue weighted by molar-refractivity contribution is 5.72. The van der Waals surface area contributed by atoms with Crippen molar-refractivity contribution in [2.24, 2.45) is 7.05 Å². The third-order valence-electron chi connectivity index (χ3n) is 2.39. The molecular weight excluding hydrogens is 206 g/mol. The van der Waals surface area contributed by atoms with E-state index in [4.69, 9.17) is 10.5 Å². The van der Waals surface area contributed by atoms with Crippen molar-refractivity contribution in [3.63, 3.8) is 0 Å². The molecule has 0 bridgehead atoms. The number of benzene rings is 1. The first-order valence-corrected chi connectivity index (χ1v) is 4.79. The van der Waals surface area contributed by atoms with Gasteiger partial charge in [0.25, 0.3) is 0 Å². The standard InChI is InChI=1S/C11H13N3O2/c1-14-10(12)6-8(13-14)7-4-3-5-9(15)11(7)16-2/h3-6,15H,12H2,1-2H3. The minimum atomic E-state index is 0.0872. The fourth-order valence-electron chi connectivity index (χ4n) is 1.55. The number of phenolic OH excluding ortho intramolecular Hbond substituents is 1. The van der Waals surface area contributed by atoms with Gasteiger partial charge in [0.05, 0.1) is 12.8 Å². The molecule has 3 N–H and O–H groups in total. The zero-order valence-electron chi connectivity index (χ0n) is 9.14. The quantitative estimate of drug-likeness (QED) is 0.800. The van der Waals surface area contributed by atoms with Crippen LogP contribution in [0.15, 0.2) is 24.3 Å². The average Bonchev–Trinajstić information content (AvgIpc) is 2.59. The van der Waals surface area contributed by atoms with E-state index in [1.807, 2.05) is 6.07 Å². The fourth-order valence-corrected chi connectivity index (χ4v) is 1.55. The van der Waals surface area contributed by atoms with Gasteiger partial charge in [-0.05, 0) is 12.1 Å². The molecule has 0 saturated carbocycles. The molecule has 2 rings (SSSR count). The van der Waals surface area contributed by atoms with Crippen LogP contribution in [0.5, 0.6) is 11.5 Å². The Kier molecular flexibility index (Phi) is 2.44. The molecule has 0 aliphatic carbocycles. The molecule has 1 aromatic heterocycles. The first-order valence-electron chi connectivity index (χ1n) is 4.79. The number of nitrogens with two attached hydrogens (primary N) is 1. The van der Waals surface area contributed by atoms with Crippen molar-refractivity contribution in [3.8, 4) is 22.8 Å². The van der Waals surface area contributed by atoms with Gasteiger partial charge in [0.2, 0.25) is 0 Å². The van der Waals surface area contributed by atoms with Crippen LogP contribution in [0.2, 0.25) is 0 Å². The van der Waals surface area contributed by atoms with Crippen molar-refractivity contribution in [1.82, 2.24) is 9.78 Å². The number of para-hydroxylation sites is 1. The number of aromatic hydroxyl groups is 1. The Balaban J connectivity index is 2.59. The highest BCUT2D eigenvalue weighted by Crippen LogP contribution is 2.36. The maximum Gasteiger partial charge on any atom is 0.169 e. The van der Waals surface area contributed by atoms with Crippen LogP contribution < -0.4 is 10.5 Å². The summed E-state index contributed by atoms with van der Waals surface area (Å²) in [6.07, 6.45) is 0. The van der Waals surface area contributed by atoms with Crippen molar-refractivity contribution < 1.29 is 9.84 Å². The lowest BCUT2D eigenvalue weighted by molar-refractivity contribution is 0.375. The summed E-state index contributed by atoms with van der Waals surface area (Å²) in [6.45, 7) is 0. The molecule has 16 heavy (non-hydrogen) atoms. The molecule has 0 spiro atoms. The normalized spacial score (nSPS) is 10.4. The lowest BCUT2D eigenvalue weighted by atomic mass is 10.1. The SMILES string of the molecule is COc1c(O)cccc1-c1cc(N)n(C)n1. The number of phenols is 1. The smallest absolute Gasteiger partial charge is 0.169 e. The van der Waals surface area contributed by atoms with E-state index in [9.17, 15) is 5.11 Å². The second-order valence-corrected chi connectivity index (χ2v) is 3.44. The third kappa shape index (κ3) is 1.56. The number of hydrogen-bond acceptors (Lipinski definition) is 4. The largest absolute Gasteiger partial charge is 0.504 e. The number of aromatic nitrogens is 2. The maximum absolute atomic E-state index is 9.64. The van der Waals surface area contributed by atoms with Crippen molar-refractivity contribution >= 4 is 5.82 Å². The topological polar surface area (TPSA) is 73.3 Å². The molecule has 0 saturated heterocycles. The molecule has 0 aliphatic rings. The van der Waals surface area contributed by atoms with Gasteiger partial charge < -0.3 is 15.6 Å². The van der Waals surface area contributed by atoms with E-state index in [1.165, 1.54) is 7.11 Å². The van der Waals surface area contributed by atoms with Gasteiger partial charge in [0, 0.05) is 18.7 Å². The zero-order chi connectivity index (χ0) is 11.7. The van der Waals surface area contributed by atoms with Gasteiger partial charge in [0.1, 0.15) is 5.82 Å². The summed E-state index contributed by atoms with van der Waals surface area (Å²) in [5.41, 5.74) is 7.10. The van der Waals surface area contributed by atoms with Crippen molar-refractivity contribution in [1.29, 1.82) is 0 Å². The molecule has 84 valence electrons. The summed E-state index contributed by atoms with van der Waals surface area (Å²) in [5.74, 6) is 1.05. The molecule has 0 amide bonds. The predicted molar refractivity (Wildman–Crippen MR) is 61.3 cm³/mol. The molecule has 5 nitrogen and oxygen atoms in total. The van der Waals surface area contributed by atoms with E-state index in [0.29, 0.717) is 17.3 Å². The van der Waals surface area contributed by atoms with Crippen LogP contribution >= 0.6 is 0 Å². The summed E-state index contributed by atoms with van der Waals surface area (Å²) in [7, 11) is 3.26. The van der Waals surface area contributed by atoms with Crippen LogP contribution in [-0.4, -0.2) is 22.0 Å². The van der Waals surface area contributed by atoms with E-state index in [0.717, 1.165) is 5.56 Å². The number of nitrogens with zero attached hydrogens (tertiary/aromatic N) is 2. The second-order valence-electron chi connectivity index (χ2n) is 3.44. The first kappa shape index (κ1) is 10.4. The molecular formula is C11H13N3O2. The molecule has 1 aromatic carbocycles. The molecule has 5 heteroatoms. The third-order valence-corrected chi connectivity index (χ3v) is 2.39. The average molecular weight is 219 g/mol. The van der Waals surface area contributed by atoms with Crippen molar-refractivity contribution in [3.05, 3.63) is 24.3 Å². The number of hydrogen-bond donors (Lipinski definition) is 2. The van der Waals surface area contributed by atoms with Gasteiger partial charge >= 0.3 is 0 Å². The lowest BCUT2D eigenvalue weighted by Gasteiger charge is -2.07. The van der Waals surface area contributed by atoms with Gasteiger partial charge in [-0.25, -0.2) is 0 Å². The summed E-state index contributed by atoms with van der Waals surface area (Å²) >= 11 is 0. The van der Waals surface area contributed by atoms with Crippen LogP contribution in [0.4, 0.5) is 5.82 Å². The van der Waals surface area contributed by atoms with E-state index in [1.54, 1.807) is 29.9 Å². The Morgan fingerprint density at radius 2 is 2.19 bits per heavy atom. The van der Waals surface area contributed by atoms with Crippen LogP contribution in [0.25, 0.3) is 11.3 Å². The maximum atomic E-state index is 9.64. The van der Waals surface area contributed by atoms with E-state index >= 15 is 0 Å². The summed E-state index contributed by atoms with van der Waals surface area (Å²) in [6, 6.07) is 6.85. The Bertz CT molecular complexity index is 500. The predicted octanol–water partition coefficient (Wildman–Crippen LogP) is 1.38. The summed E-state index contributed by atoms with van der Waals surface area (Å²) < 4.78 is 6.71. The van der Waals surface area contributed by atoms with E-state index in [2.05, 4.69) is 5.10 Å². The first-order chi connectivity index (χ1) is 7.63. The molecule has 0 unspecified atom stereocenters. The Hall–Kier alpha value is -2.17. The monoisotopic (exact) mass is 219 g/mol. The molecule has 0 aliphatic heterocycles. The highest BCUT2D eigenvalue weighted by atomic mass is 16.5. The Morgan fingerprint density at radius 1 is 1.44 bits per heavy atom. The van der Waals surface area contributed by atoms with Crippen LogP contribution in [0.3, 0.4) is 0 Å². The molecule has 0 radical (unpaired) electrons. The molecule has 1 heterocycles. The number of aryl methyl sites for hydroxylation is 1. The lowest BCUT2D eigenvalue weighted by Crippen LogP contribution is -1.96. The number of methoxy groups -OCH3 is 1. The minimum Gasteiger partial charge on any atom is -0.504 e. The number of ether oxygens (including phenoxy) is 1. The number of anilines is 1. The van der Waals surface area contributed by atoms with Crippen molar-refractivity contribution in [2.45, 2.75) is 0 Å². The summed E-state index contributed by atoms with van der Waals surface area (Å²) in [5, 5.41) is 13.9. The summed E-state index contributed by atoms with van der Waals surface area (Å²) in [4.78, 5) is 0. The number of nitrogen functional groups attached to an aromatic ring is 1. The molecule has 0 fully saturated rings. The van der Waals surface area contributed by atoms with Gasteiger partial charge in [-0.3, -0.25) is 4.68 Å². The van der Waals surface area contributed by atoms with E-state index in [-0.39, 0.29) is 5.75 Å². The van der Waals surface area contributed by atoms with Gasteiger partial charge in [-0.2, -0.15) is 5.10 Å². The van der Waals surface area contributed by atoms with Gasteiger partial charge in [-0.15, -0.1) is 0 Å². The fraction of sp³-hybridized carbons (Fsp3) is 0.182. The second kappa shape index (κ2) is 3.77. The van der Waals surface area contributed by atoms with Crippen LogP contribution in [0.1, 0.15) is 0 Å². The molecule has 0 atom stereocenters. The Labute approximate surface area is 93.1 Å². The van der Waals surface area contributed by atoms with Gasteiger partial charge in [-0.1, -0.05) is 6.07 Å². The van der Waals surface area contributed by atoms with Crippen molar-refractivity contribution in [2.75, 3.05) is 12.8 Å². The molecule has 2 aromatic rings. The highest BCUT2D eigenvalue weighted by Gasteiger charge is 2.13. The minimum absolute atomic E-state index is 0.0872. The number of rotatable bonds is 2. The van der Waals surface area contributed by atoms with Crippen LogP contribution in [-0.2, 0) is 7.05 Å². The van der Waals surface area contributed by atoms with Crippen LogP contribution in [0, 0.1) is 0 Å². The van der Waals surface area contributed by atoms with E-state index < -0.39 is 0 Å². The van der Waals surface area contributed by atoms with Gasteiger partial charge in [0.15, 0.2) is 11.5 Å². The zero-order valence-corrected chi connectivity index (χ0v) is 9.14.